The lowest BCUT2D eigenvalue weighted by molar-refractivity contribution is -0.137. The molecule has 96 valence electrons. The molecule has 0 spiro atoms. The van der Waals surface area contributed by atoms with Crippen LogP contribution in [0.2, 0.25) is 5.02 Å². The standard InChI is InChI=1S/C14H16ClNO2/c15-12-5-4-6-13-11(12)8-10-16(13)9-3-1-2-7-14(17)18/h4-6,8,10H,1-3,7,9H2,(H,17,18). The lowest BCUT2D eigenvalue weighted by Gasteiger charge is -2.05. The maximum atomic E-state index is 10.4. The molecule has 0 amide bonds. The van der Waals surface area contributed by atoms with Gasteiger partial charge in [-0.15, -0.1) is 0 Å². The monoisotopic (exact) mass is 265 g/mol. The molecule has 18 heavy (non-hydrogen) atoms. The Labute approximate surface area is 111 Å². The lowest BCUT2D eigenvalue weighted by Crippen LogP contribution is -1.98. The Morgan fingerprint density at radius 2 is 2.06 bits per heavy atom. The van der Waals surface area contributed by atoms with Crippen molar-refractivity contribution in [2.24, 2.45) is 0 Å². The highest BCUT2D eigenvalue weighted by Gasteiger charge is 2.03. The van der Waals surface area contributed by atoms with Crippen LogP contribution in [-0.2, 0) is 11.3 Å². The number of aliphatic carboxylic acids is 1. The molecule has 0 saturated carbocycles. The van der Waals surface area contributed by atoms with Gasteiger partial charge in [-0.05, 0) is 31.0 Å². The molecule has 1 aromatic heterocycles. The largest absolute Gasteiger partial charge is 0.481 e. The van der Waals surface area contributed by atoms with Crippen LogP contribution in [0.25, 0.3) is 10.9 Å². The first kappa shape index (κ1) is 13.0. The summed E-state index contributed by atoms with van der Waals surface area (Å²) in [5.41, 5.74) is 1.14. The molecule has 0 radical (unpaired) electrons. The minimum atomic E-state index is -0.715. The molecule has 1 N–H and O–H groups in total. The third-order valence-electron chi connectivity index (χ3n) is 3.05. The first-order valence-corrected chi connectivity index (χ1v) is 6.51. The van der Waals surface area contributed by atoms with Crippen LogP contribution in [-0.4, -0.2) is 15.6 Å². The molecule has 1 heterocycles. The predicted molar refractivity (Wildman–Crippen MR) is 73.1 cm³/mol. The highest BCUT2D eigenvalue weighted by atomic mass is 35.5. The van der Waals surface area contributed by atoms with E-state index in [1.54, 1.807) is 0 Å². The molecule has 0 saturated heterocycles. The van der Waals surface area contributed by atoms with Gasteiger partial charge in [0.05, 0.1) is 0 Å². The van der Waals surface area contributed by atoms with E-state index in [0.29, 0.717) is 0 Å². The van der Waals surface area contributed by atoms with E-state index in [0.717, 1.165) is 41.7 Å². The summed E-state index contributed by atoms with van der Waals surface area (Å²) in [5.74, 6) is -0.715. The Kier molecular flexibility index (Phi) is 4.26. The van der Waals surface area contributed by atoms with E-state index < -0.39 is 5.97 Å². The predicted octanol–water partition coefficient (Wildman–Crippen LogP) is 3.94. The van der Waals surface area contributed by atoms with Crippen LogP contribution >= 0.6 is 11.6 Å². The Morgan fingerprint density at radius 3 is 2.83 bits per heavy atom. The summed E-state index contributed by atoms with van der Waals surface area (Å²) in [6.45, 7) is 0.906. The molecular weight excluding hydrogens is 250 g/mol. The quantitative estimate of drug-likeness (QED) is 0.804. The van der Waals surface area contributed by atoms with Gasteiger partial charge in [-0.25, -0.2) is 0 Å². The molecular formula is C14H16ClNO2. The van der Waals surface area contributed by atoms with Crippen LogP contribution in [0.15, 0.2) is 30.5 Å². The number of carboxylic acid groups (broad SMARTS) is 1. The molecule has 0 fully saturated rings. The second-order valence-electron chi connectivity index (χ2n) is 4.39. The van der Waals surface area contributed by atoms with Gasteiger partial charge in [0.25, 0.3) is 0 Å². The molecule has 0 unspecified atom stereocenters. The van der Waals surface area contributed by atoms with Gasteiger partial charge in [0.15, 0.2) is 0 Å². The van der Waals surface area contributed by atoms with Crippen molar-refractivity contribution < 1.29 is 9.90 Å². The fourth-order valence-electron chi connectivity index (χ4n) is 2.12. The number of aromatic nitrogens is 1. The van der Waals surface area contributed by atoms with Crippen LogP contribution in [0.1, 0.15) is 25.7 Å². The molecule has 0 aliphatic heterocycles. The van der Waals surface area contributed by atoms with E-state index in [-0.39, 0.29) is 6.42 Å². The average Bonchev–Trinajstić information content (AvgIpc) is 2.73. The number of unbranched alkanes of at least 4 members (excludes halogenated alkanes) is 2. The van der Waals surface area contributed by atoms with E-state index in [1.165, 1.54) is 0 Å². The zero-order chi connectivity index (χ0) is 13.0. The van der Waals surface area contributed by atoms with Gasteiger partial charge in [-0.3, -0.25) is 4.79 Å². The number of benzene rings is 1. The second kappa shape index (κ2) is 5.91. The van der Waals surface area contributed by atoms with Gasteiger partial charge < -0.3 is 9.67 Å². The molecule has 3 nitrogen and oxygen atoms in total. The van der Waals surface area contributed by atoms with Gasteiger partial charge in [0, 0.05) is 35.1 Å². The maximum Gasteiger partial charge on any atom is 0.303 e. The van der Waals surface area contributed by atoms with Crippen LogP contribution in [0, 0.1) is 0 Å². The van der Waals surface area contributed by atoms with Crippen LogP contribution in [0.3, 0.4) is 0 Å². The number of rotatable bonds is 6. The summed E-state index contributed by atoms with van der Waals surface area (Å²) in [5, 5.41) is 10.4. The summed E-state index contributed by atoms with van der Waals surface area (Å²) in [4.78, 5) is 10.4. The minimum Gasteiger partial charge on any atom is -0.481 e. The normalized spacial score (nSPS) is 10.9. The second-order valence-corrected chi connectivity index (χ2v) is 4.79. The number of nitrogens with zero attached hydrogens (tertiary/aromatic N) is 1. The number of hydrogen-bond acceptors (Lipinski definition) is 1. The van der Waals surface area contributed by atoms with Crippen LogP contribution < -0.4 is 0 Å². The Hall–Kier alpha value is -1.48. The first-order valence-electron chi connectivity index (χ1n) is 6.13. The fraction of sp³-hybridized carbons (Fsp3) is 0.357. The zero-order valence-corrected chi connectivity index (χ0v) is 10.9. The van der Waals surface area contributed by atoms with Crippen molar-refractivity contribution in [3.05, 3.63) is 35.5 Å². The summed E-state index contributed by atoms with van der Waals surface area (Å²) >= 11 is 6.11. The van der Waals surface area contributed by atoms with Crippen molar-refractivity contribution >= 4 is 28.5 Å². The average molecular weight is 266 g/mol. The third-order valence-corrected chi connectivity index (χ3v) is 3.38. The van der Waals surface area contributed by atoms with Gasteiger partial charge >= 0.3 is 5.97 Å². The van der Waals surface area contributed by atoms with Gasteiger partial charge in [-0.2, -0.15) is 0 Å². The smallest absolute Gasteiger partial charge is 0.303 e. The van der Waals surface area contributed by atoms with E-state index in [4.69, 9.17) is 16.7 Å². The van der Waals surface area contributed by atoms with E-state index >= 15 is 0 Å². The molecule has 0 aliphatic rings. The highest BCUT2D eigenvalue weighted by Crippen LogP contribution is 2.24. The van der Waals surface area contributed by atoms with E-state index in [1.807, 2.05) is 24.4 Å². The minimum absolute atomic E-state index is 0.262. The van der Waals surface area contributed by atoms with Crippen LogP contribution in [0.4, 0.5) is 0 Å². The van der Waals surface area contributed by atoms with E-state index in [2.05, 4.69) is 10.6 Å². The van der Waals surface area contributed by atoms with Crippen molar-refractivity contribution in [2.75, 3.05) is 0 Å². The Bertz CT molecular complexity index is 548. The third kappa shape index (κ3) is 3.05. The number of carboxylic acids is 1. The van der Waals surface area contributed by atoms with Gasteiger partial charge in [0.1, 0.15) is 0 Å². The lowest BCUT2D eigenvalue weighted by atomic mass is 10.2. The molecule has 1 aromatic carbocycles. The number of carbonyl (C=O) groups is 1. The van der Waals surface area contributed by atoms with Crippen molar-refractivity contribution in [1.82, 2.24) is 4.57 Å². The molecule has 0 atom stereocenters. The Morgan fingerprint density at radius 1 is 1.22 bits per heavy atom. The number of halogens is 1. The highest BCUT2D eigenvalue weighted by molar-refractivity contribution is 6.35. The van der Waals surface area contributed by atoms with Crippen LogP contribution in [0.5, 0.6) is 0 Å². The van der Waals surface area contributed by atoms with Crippen molar-refractivity contribution in [3.63, 3.8) is 0 Å². The van der Waals surface area contributed by atoms with Gasteiger partial charge in [0.2, 0.25) is 0 Å². The topological polar surface area (TPSA) is 42.2 Å². The summed E-state index contributed by atoms with van der Waals surface area (Å²) in [7, 11) is 0. The summed E-state index contributed by atoms with van der Waals surface area (Å²) in [6.07, 6.45) is 4.97. The molecule has 4 heteroatoms. The zero-order valence-electron chi connectivity index (χ0n) is 10.1. The summed E-state index contributed by atoms with van der Waals surface area (Å²) in [6, 6.07) is 7.92. The molecule has 0 aliphatic carbocycles. The van der Waals surface area contributed by atoms with Crippen molar-refractivity contribution in [2.45, 2.75) is 32.2 Å². The van der Waals surface area contributed by atoms with Crippen molar-refractivity contribution in [3.8, 4) is 0 Å². The molecule has 2 aromatic rings. The number of fused-ring (bicyclic) bond motifs is 1. The first-order chi connectivity index (χ1) is 8.68. The van der Waals surface area contributed by atoms with Gasteiger partial charge in [-0.1, -0.05) is 24.1 Å². The fourth-order valence-corrected chi connectivity index (χ4v) is 2.35. The maximum absolute atomic E-state index is 10.4. The SMILES string of the molecule is O=C(O)CCCCCn1ccc2c(Cl)cccc21. The Balaban J connectivity index is 1.92. The molecule has 2 rings (SSSR count). The number of aryl methyl sites for hydroxylation is 1. The van der Waals surface area contributed by atoms with E-state index in [9.17, 15) is 4.79 Å². The molecule has 0 bridgehead atoms. The summed E-state index contributed by atoms with van der Waals surface area (Å²) < 4.78 is 2.17. The number of hydrogen-bond donors (Lipinski definition) is 1. The van der Waals surface area contributed by atoms with Crippen molar-refractivity contribution in [1.29, 1.82) is 0 Å².